The summed E-state index contributed by atoms with van der Waals surface area (Å²) in [7, 11) is 0. The summed E-state index contributed by atoms with van der Waals surface area (Å²) in [5, 5.41) is 20.7. The van der Waals surface area contributed by atoms with Crippen molar-refractivity contribution in [2.75, 3.05) is 36.9 Å². The van der Waals surface area contributed by atoms with Crippen molar-refractivity contribution in [3.8, 4) is 22.8 Å². The quantitative estimate of drug-likeness (QED) is 0.277. The molecule has 4 N–H and O–H groups in total. The number of halogens is 3. The van der Waals surface area contributed by atoms with Crippen LogP contribution in [0, 0.1) is 17.7 Å². The Morgan fingerprint density at radius 2 is 1.79 bits per heavy atom. The second kappa shape index (κ2) is 14.1. The summed E-state index contributed by atoms with van der Waals surface area (Å²) in [6.45, 7) is 1.26. The average Bonchev–Trinajstić information content (AvgIpc) is 3.15. The summed E-state index contributed by atoms with van der Waals surface area (Å²) in [5.41, 5.74) is 9.37. The molecule has 14 heteroatoms. The Labute approximate surface area is 305 Å². The Kier molecular flexibility index (Phi) is 9.33. The minimum atomic E-state index is -2.93. The molecule has 1 saturated carbocycles. The van der Waals surface area contributed by atoms with Gasteiger partial charge < -0.3 is 20.5 Å². The molecule has 2 aromatic carbocycles. The SMILES string of the molecule is Nc1nnc(-c2cccc(F)c2O)cc1C1=NC=CC([C@H]2CCN(C3CCC(c4cccc5c4OCCN5[C@@H]4CCC(=O)NC4=O)CC3)CC2(F)F)C1. The molecule has 5 heterocycles. The fourth-order valence-corrected chi connectivity index (χ4v) is 9.02. The first-order chi connectivity index (χ1) is 25.6. The van der Waals surface area contributed by atoms with Crippen molar-refractivity contribution >= 4 is 29.0 Å². The summed E-state index contributed by atoms with van der Waals surface area (Å²) < 4.78 is 52.5. The molecule has 4 aliphatic heterocycles. The zero-order valence-corrected chi connectivity index (χ0v) is 29.2. The Balaban J connectivity index is 0.907. The number of nitrogens with zero attached hydrogens (tertiary/aromatic N) is 5. The lowest BCUT2D eigenvalue weighted by Crippen LogP contribution is -2.54. The molecule has 11 nitrogen and oxygen atoms in total. The van der Waals surface area contributed by atoms with Crippen molar-refractivity contribution in [1.29, 1.82) is 0 Å². The number of phenols is 1. The molecule has 0 radical (unpaired) electrons. The van der Waals surface area contributed by atoms with Crippen molar-refractivity contribution in [2.24, 2.45) is 16.8 Å². The number of benzene rings is 2. The topological polar surface area (TPSA) is 146 Å². The minimum Gasteiger partial charge on any atom is -0.504 e. The molecule has 5 aliphatic rings. The van der Waals surface area contributed by atoms with Gasteiger partial charge in [0.2, 0.25) is 11.8 Å². The predicted molar refractivity (Wildman–Crippen MR) is 192 cm³/mol. The monoisotopic (exact) mass is 729 g/mol. The van der Waals surface area contributed by atoms with E-state index in [-0.39, 0.29) is 53.8 Å². The number of allylic oxidation sites excluding steroid dienone is 1. The zero-order valence-electron chi connectivity index (χ0n) is 29.2. The molecular formula is C39H42F3N7O4. The van der Waals surface area contributed by atoms with Crippen LogP contribution < -0.4 is 20.7 Å². The Hall–Kier alpha value is -4.98. The molecule has 3 aromatic rings. The third-order valence-corrected chi connectivity index (χ3v) is 11.7. The molecule has 1 aromatic heterocycles. The van der Waals surface area contributed by atoms with Gasteiger partial charge in [0.15, 0.2) is 17.4 Å². The number of likely N-dealkylation sites (tertiary alicyclic amines) is 1. The number of amides is 2. The predicted octanol–water partition coefficient (Wildman–Crippen LogP) is 5.58. The smallest absolute Gasteiger partial charge is 0.263 e. The summed E-state index contributed by atoms with van der Waals surface area (Å²) in [6, 6.07) is 11.3. The number of carbonyl (C=O) groups is 2. The van der Waals surface area contributed by atoms with E-state index < -0.39 is 35.4 Å². The molecule has 3 fully saturated rings. The zero-order chi connectivity index (χ0) is 36.9. The number of nitrogens with one attached hydrogen (secondary N) is 1. The van der Waals surface area contributed by atoms with Crippen LogP contribution in [0.25, 0.3) is 11.3 Å². The van der Waals surface area contributed by atoms with Gasteiger partial charge in [-0.2, -0.15) is 0 Å². The number of para-hydroxylation sites is 2. The largest absolute Gasteiger partial charge is 0.504 e. The van der Waals surface area contributed by atoms with Gasteiger partial charge in [-0.25, -0.2) is 13.2 Å². The summed E-state index contributed by atoms with van der Waals surface area (Å²) in [5.74, 6) is -5.10. The van der Waals surface area contributed by atoms with Gasteiger partial charge in [0.25, 0.3) is 5.92 Å². The number of rotatable bonds is 6. The fourth-order valence-electron chi connectivity index (χ4n) is 9.02. The van der Waals surface area contributed by atoms with Crippen LogP contribution >= 0.6 is 0 Å². The Morgan fingerprint density at radius 3 is 2.58 bits per heavy atom. The number of alkyl halides is 2. The van der Waals surface area contributed by atoms with Crippen LogP contribution in [-0.2, 0) is 9.59 Å². The number of nitrogen functional groups attached to an aromatic ring is 1. The van der Waals surface area contributed by atoms with E-state index in [0.717, 1.165) is 48.8 Å². The van der Waals surface area contributed by atoms with Crippen LogP contribution in [0.1, 0.15) is 68.4 Å². The highest BCUT2D eigenvalue weighted by molar-refractivity contribution is 6.05. The van der Waals surface area contributed by atoms with Crippen molar-refractivity contribution in [2.45, 2.75) is 75.3 Å². The number of fused-ring (bicyclic) bond motifs is 1. The van der Waals surface area contributed by atoms with E-state index in [4.69, 9.17) is 10.5 Å². The number of phenolic OH excluding ortho intramolecular Hbond substituents is 1. The van der Waals surface area contributed by atoms with E-state index in [0.29, 0.717) is 50.2 Å². The highest BCUT2D eigenvalue weighted by Crippen LogP contribution is 2.47. The second-order valence-electron chi connectivity index (χ2n) is 14.8. The standard InChI is InChI=1S/C39H42F3N7O4/c40-29-5-1-4-26(35(29)51)31-20-27(37(43)47-46-31)30-19-23(13-15-44-30)28-14-16-48(21-39(28,41)42)24-9-7-22(8-10-24)25-3-2-6-32-36(25)53-18-17-49(32)33-11-12-34(50)45-38(33)52/h1-6,13,15,20,22-24,28,33,51H,7-12,14,16-19,21H2,(H2,43,47)(H,45,50,52)/t22?,23?,24?,28-,33-/m1/s1. The van der Waals surface area contributed by atoms with Gasteiger partial charge >= 0.3 is 0 Å². The fraction of sp³-hybridized carbons (Fsp3) is 0.462. The van der Waals surface area contributed by atoms with Crippen LogP contribution in [-0.4, -0.2) is 82.0 Å². The van der Waals surface area contributed by atoms with Gasteiger partial charge in [-0.05, 0) is 93.2 Å². The first kappa shape index (κ1) is 35.1. The van der Waals surface area contributed by atoms with E-state index in [1.165, 1.54) is 12.1 Å². The van der Waals surface area contributed by atoms with Gasteiger partial charge in [0.05, 0.1) is 30.2 Å². The number of aliphatic imine (C=N–C) groups is 1. The number of carbonyl (C=O) groups excluding carboxylic acids is 2. The molecule has 0 spiro atoms. The number of nitrogens with two attached hydrogens (primary N) is 1. The van der Waals surface area contributed by atoms with Crippen LogP contribution in [0.15, 0.2) is 59.7 Å². The normalized spacial score (nSPS) is 27.4. The lowest BCUT2D eigenvalue weighted by molar-refractivity contribution is -0.134. The highest BCUT2D eigenvalue weighted by atomic mass is 19.3. The van der Waals surface area contributed by atoms with E-state index in [1.54, 1.807) is 18.3 Å². The van der Waals surface area contributed by atoms with E-state index >= 15 is 8.78 Å². The molecular weight excluding hydrogens is 687 g/mol. The molecule has 53 heavy (non-hydrogen) atoms. The van der Waals surface area contributed by atoms with E-state index in [9.17, 15) is 19.1 Å². The third-order valence-electron chi connectivity index (χ3n) is 11.7. The summed E-state index contributed by atoms with van der Waals surface area (Å²) in [4.78, 5) is 32.9. The van der Waals surface area contributed by atoms with Crippen LogP contribution in [0.4, 0.5) is 24.7 Å². The molecule has 3 atom stereocenters. The van der Waals surface area contributed by atoms with Gasteiger partial charge in [-0.15, -0.1) is 10.2 Å². The lowest BCUT2D eigenvalue weighted by Gasteiger charge is -2.46. The molecule has 278 valence electrons. The van der Waals surface area contributed by atoms with Crippen molar-refractivity contribution < 1.29 is 32.6 Å². The molecule has 0 bridgehead atoms. The summed E-state index contributed by atoms with van der Waals surface area (Å²) in [6.07, 6.45) is 7.91. The van der Waals surface area contributed by atoms with Crippen LogP contribution in [0.2, 0.25) is 0 Å². The maximum atomic E-state index is 16.1. The Bertz CT molecular complexity index is 1980. The number of ether oxygens (including phenoxy) is 1. The van der Waals surface area contributed by atoms with Gasteiger partial charge in [-0.1, -0.05) is 24.3 Å². The van der Waals surface area contributed by atoms with Gasteiger partial charge in [0.1, 0.15) is 18.4 Å². The van der Waals surface area contributed by atoms with E-state index in [2.05, 4.69) is 31.5 Å². The maximum absolute atomic E-state index is 16.1. The molecule has 2 amide bonds. The summed E-state index contributed by atoms with van der Waals surface area (Å²) >= 11 is 0. The highest BCUT2D eigenvalue weighted by Gasteiger charge is 2.49. The van der Waals surface area contributed by atoms with Gasteiger partial charge in [0, 0.05) is 35.7 Å². The first-order valence-electron chi connectivity index (χ1n) is 18.4. The number of anilines is 2. The van der Waals surface area contributed by atoms with Crippen molar-refractivity contribution in [3.05, 3.63) is 71.7 Å². The molecule has 2 saturated heterocycles. The Morgan fingerprint density at radius 1 is 0.981 bits per heavy atom. The van der Waals surface area contributed by atoms with Crippen molar-refractivity contribution in [3.63, 3.8) is 0 Å². The van der Waals surface area contributed by atoms with E-state index in [1.807, 2.05) is 17.0 Å². The molecule has 1 unspecified atom stereocenters. The van der Waals surface area contributed by atoms with Crippen LogP contribution in [0.5, 0.6) is 11.5 Å². The number of aromatic nitrogens is 2. The number of imide groups is 1. The maximum Gasteiger partial charge on any atom is 0.263 e. The third kappa shape index (κ3) is 6.73. The first-order valence-corrected chi connectivity index (χ1v) is 18.4. The molecule has 1 aliphatic carbocycles. The number of hydrogen-bond donors (Lipinski definition) is 3. The van der Waals surface area contributed by atoms with Gasteiger partial charge in [-0.3, -0.25) is 24.8 Å². The van der Waals surface area contributed by atoms with Crippen LogP contribution in [0.3, 0.4) is 0 Å². The number of hydrogen-bond acceptors (Lipinski definition) is 10. The van der Waals surface area contributed by atoms with Crippen molar-refractivity contribution in [1.82, 2.24) is 20.4 Å². The minimum absolute atomic E-state index is 0.0536. The number of aromatic hydroxyl groups is 1. The second-order valence-corrected chi connectivity index (χ2v) is 14.8. The number of piperidine rings is 2. The lowest BCUT2D eigenvalue weighted by atomic mass is 9.76. The molecule has 8 rings (SSSR count). The average molecular weight is 730 g/mol.